The van der Waals surface area contributed by atoms with Crippen LogP contribution in [0.15, 0.2) is 0 Å². The van der Waals surface area contributed by atoms with E-state index in [9.17, 15) is 4.79 Å². The number of primary amides is 1. The highest BCUT2D eigenvalue weighted by Gasteiger charge is 2.06. The van der Waals surface area contributed by atoms with Crippen molar-refractivity contribution < 1.29 is 14.3 Å². The zero-order valence-electron chi connectivity index (χ0n) is 9.06. The van der Waals surface area contributed by atoms with Crippen LogP contribution in [0.1, 0.15) is 6.42 Å². The average Bonchev–Trinajstić information content (AvgIpc) is 2.28. The van der Waals surface area contributed by atoms with Gasteiger partial charge in [-0.15, -0.1) is 4.98 Å². The molecule has 3 N–H and O–H groups in total. The molecule has 0 saturated heterocycles. The summed E-state index contributed by atoms with van der Waals surface area (Å²) < 4.78 is 9.70. The van der Waals surface area contributed by atoms with Gasteiger partial charge in [0.1, 0.15) is 0 Å². The number of hydrogen-bond donors (Lipinski definition) is 2. The largest absolute Gasteiger partial charge is 0.467 e. The number of amides is 1. The lowest BCUT2D eigenvalue weighted by molar-refractivity contribution is -0.117. The van der Waals surface area contributed by atoms with Gasteiger partial charge in [-0.2, -0.15) is 9.97 Å². The van der Waals surface area contributed by atoms with Crippen LogP contribution >= 0.6 is 0 Å². The monoisotopic (exact) mass is 227 g/mol. The summed E-state index contributed by atoms with van der Waals surface area (Å²) in [5, 5.41) is 2.80. The van der Waals surface area contributed by atoms with Crippen molar-refractivity contribution in [1.29, 1.82) is 0 Å². The number of nitrogens with one attached hydrogen (secondary N) is 1. The Morgan fingerprint density at radius 2 is 1.81 bits per heavy atom. The number of hydrogen-bond acceptors (Lipinski definition) is 7. The van der Waals surface area contributed by atoms with Gasteiger partial charge >= 0.3 is 12.0 Å². The van der Waals surface area contributed by atoms with Crippen molar-refractivity contribution in [2.75, 3.05) is 26.1 Å². The number of nitrogens with zero attached hydrogens (tertiary/aromatic N) is 3. The first-order chi connectivity index (χ1) is 7.65. The normalized spacial score (nSPS) is 9.62. The Labute approximate surface area is 92.2 Å². The fourth-order valence-electron chi connectivity index (χ4n) is 0.897. The summed E-state index contributed by atoms with van der Waals surface area (Å²) in [6.07, 6.45) is 0.191. The number of anilines is 1. The van der Waals surface area contributed by atoms with Gasteiger partial charge in [-0.05, 0) is 0 Å². The number of ether oxygens (including phenoxy) is 2. The van der Waals surface area contributed by atoms with Gasteiger partial charge in [-0.1, -0.05) is 0 Å². The first kappa shape index (κ1) is 12.0. The van der Waals surface area contributed by atoms with Crippen molar-refractivity contribution in [1.82, 2.24) is 15.0 Å². The van der Waals surface area contributed by atoms with Gasteiger partial charge in [-0.3, -0.25) is 4.79 Å². The molecule has 0 saturated carbocycles. The van der Waals surface area contributed by atoms with E-state index in [2.05, 4.69) is 20.3 Å². The van der Waals surface area contributed by atoms with E-state index in [1.54, 1.807) is 0 Å². The van der Waals surface area contributed by atoms with Crippen LogP contribution in [0, 0.1) is 0 Å². The molecule has 0 atom stereocenters. The minimum atomic E-state index is -0.402. The predicted molar refractivity (Wildman–Crippen MR) is 55.2 cm³/mol. The third-order valence-electron chi connectivity index (χ3n) is 1.61. The first-order valence-electron chi connectivity index (χ1n) is 4.52. The summed E-state index contributed by atoms with van der Waals surface area (Å²) in [5.74, 6) is -0.134. The number of carbonyl (C=O) groups is 1. The molecule has 0 unspecified atom stereocenters. The third-order valence-corrected chi connectivity index (χ3v) is 1.61. The Balaban J connectivity index is 2.67. The number of methoxy groups -OCH3 is 2. The summed E-state index contributed by atoms with van der Waals surface area (Å²) in [6, 6.07) is 0.266. The molecule has 1 aromatic rings. The molecule has 1 aromatic heterocycles. The second-order valence-corrected chi connectivity index (χ2v) is 2.78. The van der Waals surface area contributed by atoms with Gasteiger partial charge in [0.2, 0.25) is 11.9 Å². The highest BCUT2D eigenvalue weighted by molar-refractivity contribution is 5.74. The van der Waals surface area contributed by atoms with Crippen molar-refractivity contribution >= 4 is 11.9 Å². The zero-order valence-corrected chi connectivity index (χ0v) is 9.06. The maximum atomic E-state index is 10.5. The summed E-state index contributed by atoms with van der Waals surface area (Å²) in [6.45, 7) is 0.339. The summed E-state index contributed by atoms with van der Waals surface area (Å²) >= 11 is 0. The predicted octanol–water partition coefficient (Wildman–Crippen LogP) is -0.824. The lowest BCUT2D eigenvalue weighted by atomic mass is 10.4. The molecule has 0 aromatic carbocycles. The van der Waals surface area contributed by atoms with Gasteiger partial charge < -0.3 is 20.5 Å². The Bertz CT molecular complexity index is 348. The molecule has 8 heteroatoms. The fraction of sp³-hybridized carbons (Fsp3) is 0.500. The fourth-order valence-corrected chi connectivity index (χ4v) is 0.897. The first-order valence-corrected chi connectivity index (χ1v) is 4.52. The number of carbonyl (C=O) groups excluding carboxylic acids is 1. The lowest BCUT2D eigenvalue weighted by Gasteiger charge is -2.06. The maximum absolute atomic E-state index is 10.5. The Hall–Kier alpha value is -2.12. The molecule has 0 fully saturated rings. The van der Waals surface area contributed by atoms with E-state index in [1.807, 2.05) is 0 Å². The summed E-state index contributed by atoms with van der Waals surface area (Å²) in [5.41, 5.74) is 4.99. The van der Waals surface area contributed by atoms with Gasteiger partial charge in [0, 0.05) is 13.0 Å². The lowest BCUT2D eigenvalue weighted by Crippen LogP contribution is -2.17. The van der Waals surface area contributed by atoms with E-state index in [0.717, 1.165) is 0 Å². The second-order valence-electron chi connectivity index (χ2n) is 2.78. The van der Waals surface area contributed by atoms with E-state index in [0.29, 0.717) is 6.54 Å². The highest BCUT2D eigenvalue weighted by Crippen LogP contribution is 2.11. The molecule has 0 aliphatic carbocycles. The van der Waals surface area contributed by atoms with E-state index in [4.69, 9.17) is 15.2 Å². The Morgan fingerprint density at radius 1 is 1.25 bits per heavy atom. The van der Waals surface area contributed by atoms with Crippen LogP contribution in [-0.2, 0) is 4.79 Å². The number of aromatic nitrogens is 3. The molecule has 0 radical (unpaired) electrons. The molecule has 1 heterocycles. The smallest absolute Gasteiger partial charge is 0.324 e. The number of rotatable bonds is 6. The molecule has 0 bridgehead atoms. The van der Waals surface area contributed by atoms with E-state index in [1.165, 1.54) is 14.2 Å². The molecule has 1 amide bonds. The highest BCUT2D eigenvalue weighted by atomic mass is 16.5. The molecular weight excluding hydrogens is 214 g/mol. The number of nitrogens with two attached hydrogens (primary N) is 1. The molecule has 0 spiro atoms. The van der Waals surface area contributed by atoms with Gasteiger partial charge in [-0.25, -0.2) is 0 Å². The topological polar surface area (TPSA) is 112 Å². The van der Waals surface area contributed by atoms with Crippen LogP contribution in [0.4, 0.5) is 5.95 Å². The zero-order chi connectivity index (χ0) is 12.0. The van der Waals surface area contributed by atoms with Crippen LogP contribution in [0.3, 0.4) is 0 Å². The van der Waals surface area contributed by atoms with Crippen LogP contribution in [0.25, 0.3) is 0 Å². The molecule has 1 rings (SSSR count). The van der Waals surface area contributed by atoms with Crippen LogP contribution in [-0.4, -0.2) is 41.6 Å². The molecular formula is C8H13N5O3. The van der Waals surface area contributed by atoms with Crippen molar-refractivity contribution in [2.45, 2.75) is 6.42 Å². The summed E-state index contributed by atoms with van der Waals surface area (Å²) in [7, 11) is 2.87. The summed E-state index contributed by atoms with van der Waals surface area (Å²) in [4.78, 5) is 22.1. The van der Waals surface area contributed by atoms with Crippen LogP contribution in [0.2, 0.25) is 0 Å². The average molecular weight is 227 g/mol. The Kier molecular flexibility index (Phi) is 4.25. The maximum Gasteiger partial charge on any atom is 0.324 e. The molecule has 0 aliphatic heterocycles. The Morgan fingerprint density at radius 3 is 2.25 bits per heavy atom. The minimum absolute atomic E-state index is 0.133. The van der Waals surface area contributed by atoms with Crippen molar-refractivity contribution in [3.63, 3.8) is 0 Å². The van der Waals surface area contributed by atoms with Gasteiger partial charge in [0.25, 0.3) is 0 Å². The second kappa shape index (κ2) is 5.69. The quantitative estimate of drug-likeness (QED) is 0.652. The molecule has 0 aliphatic rings. The standard InChI is InChI=1S/C8H13N5O3/c1-15-7-11-6(10-4-3-5(9)14)12-8(13-7)16-2/h3-4H2,1-2H3,(H2,9,14)(H,10,11,12,13). The van der Waals surface area contributed by atoms with Gasteiger partial charge in [0.05, 0.1) is 14.2 Å². The van der Waals surface area contributed by atoms with E-state index >= 15 is 0 Å². The van der Waals surface area contributed by atoms with Crippen molar-refractivity contribution in [3.05, 3.63) is 0 Å². The third kappa shape index (κ3) is 3.56. The minimum Gasteiger partial charge on any atom is -0.467 e. The SMILES string of the molecule is COc1nc(NCCC(N)=O)nc(OC)n1. The molecule has 16 heavy (non-hydrogen) atoms. The van der Waals surface area contributed by atoms with Crippen LogP contribution < -0.4 is 20.5 Å². The van der Waals surface area contributed by atoms with Gasteiger partial charge in [0.15, 0.2) is 0 Å². The van der Waals surface area contributed by atoms with Crippen LogP contribution in [0.5, 0.6) is 12.0 Å². The van der Waals surface area contributed by atoms with Crippen molar-refractivity contribution in [2.24, 2.45) is 5.73 Å². The van der Waals surface area contributed by atoms with Crippen molar-refractivity contribution in [3.8, 4) is 12.0 Å². The molecule has 88 valence electrons. The van der Waals surface area contributed by atoms with E-state index in [-0.39, 0.29) is 24.4 Å². The van der Waals surface area contributed by atoms with E-state index < -0.39 is 5.91 Å². The molecule has 8 nitrogen and oxygen atoms in total.